The molecule has 24 heavy (non-hydrogen) atoms. The van der Waals surface area contributed by atoms with Gasteiger partial charge in [0.15, 0.2) is 16.6 Å². The minimum atomic E-state index is -2.42. The third kappa shape index (κ3) is 4.72. The normalized spacial score (nSPS) is 14.5. The third-order valence-corrected chi connectivity index (χ3v) is 14.6. The molecule has 1 aromatic carbocycles. The summed E-state index contributed by atoms with van der Waals surface area (Å²) in [6.45, 7) is 16.2. The molecular weight excluding hydrogens is 330 g/mol. The summed E-state index contributed by atoms with van der Waals surface area (Å²) in [5.41, 5.74) is 2.41. The zero-order chi connectivity index (χ0) is 18.6. The molecule has 138 valence electrons. The predicted octanol–water partition coefficient (Wildman–Crippen LogP) is 5.35. The van der Waals surface area contributed by atoms with E-state index in [1.807, 2.05) is 13.1 Å². The molecule has 0 aliphatic carbocycles. The molecule has 1 rings (SSSR count). The summed E-state index contributed by atoms with van der Waals surface area (Å²) in [6.07, 6.45) is 0. The summed E-state index contributed by atoms with van der Waals surface area (Å²) < 4.78 is 6.55. The summed E-state index contributed by atoms with van der Waals surface area (Å²) in [7, 11) is -2.31. The number of hydrogen-bond acceptors (Lipinski definition) is 3. The summed E-state index contributed by atoms with van der Waals surface area (Å²) >= 11 is 0. The first-order valence-electron chi connectivity index (χ1n) is 9.15. The molecule has 0 saturated carbocycles. The molecule has 1 atom stereocenters. The predicted molar refractivity (Wildman–Crippen MR) is 111 cm³/mol. The number of benzene rings is 1. The second-order valence-electron chi connectivity index (χ2n) is 8.27. The van der Waals surface area contributed by atoms with Crippen molar-refractivity contribution >= 4 is 22.3 Å². The van der Waals surface area contributed by atoms with Crippen LogP contribution in [0.2, 0.25) is 30.2 Å². The molecule has 0 spiro atoms. The number of anilines is 1. The average molecular weight is 368 g/mol. The minimum absolute atomic E-state index is 0.102. The smallest absolute Gasteiger partial charge is 0.197 e. The van der Waals surface area contributed by atoms with E-state index in [2.05, 4.69) is 71.2 Å². The van der Waals surface area contributed by atoms with Crippen LogP contribution in [0.15, 0.2) is 24.3 Å². The minimum Gasteiger partial charge on any atom is -0.431 e. The van der Waals surface area contributed by atoms with E-state index in [0.29, 0.717) is 6.61 Å². The maximum Gasteiger partial charge on any atom is 0.197 e. The van der Waals surface area contributed by atoms with Crippen molar-refractivity contribution in [3.63, 3.8) is 0 Å². The van der Waals surface area contributed by atoms with Crippen LogP contribution in [0.5, 0.6) is 0 Å². The Morgan fingerprint density at radius 2 is 1.67 bits per heavy atom. The van der Waals surface area contributed by atoms with Gasteiger partial charge in [-0.05, 0) is 41.9 Å². The first-order valence-corrected chi connectivity index (χ1v) is 14.5. The first-order chi connectivity index (χ1) is 11.0. The fraction of sp³-hybridized carbons (Fsp3) is 0.684. The van der Waals surface area contributed by atoms with Crippen LogP contribution in [-0.4, -0.2) is 35.1 Å². The topological polar surface area (TPSA) is 41.5 Å². The van der Waals surface area contributed by atoms with E-state index < -0.39 is 16.6 Å². The lowest BCUT2D eigenvalue weighted by atomic mass is 10.1. The fourth-order valence-electron chi connectivity index (χ4n) is 2.81. The lowest BCUT2D eigenvalue weighted by Crippen LogP contribution is -2.47. The highest BCUT2D eigenvalue weighted by Gasteiger charge is 2.43. The van der Waals surface area contributed by atoms with E-state index in [9.17, 15) is 4.80 Å². The van der Waals surface area contributed by atoms with Crippen LogP contribution in [0, 0.1) is 0 Å². The summed E-state index contributed by atoms with van der Waals surface area (Å²) in [5, 5.41) is 3.47. The molecule has 1 aromatic rings. The molecule has 0 fully saturated rings. The molecule has 0 saturated heterocycles. The van der Waals surface area contributed by atoms with Crippen LogP contribution < -0.4 is 5.32 Å². The molecule has 0 aliphatic rings. The standard InChI is InChI=1S/C19H37NO2Si2/c1-9-24(21,10-2)18(15-22-23(7,8)19(3,4)5)16-13-11-12-14-17(16)20-6/h11-14,18,20-21H,9-10,15H2,1-8H3. The molecule has 0 bridgehead atoms. The van der Waals surface area contributed by atoms with Crippen molar-refractivity contribution in [2.45, 2.75) is 70.4 Å². The van der Waals surface area contributed by atoms with Crippen LogP contribution in [0.3, 0.4) is 0 Å². The van der Waals surface area contributed by atoms with Gasteiger partial charge in [-0.15, -0.1) is 0 Å². The maximum absolute atomic E-state index is 11.4. The van der Waals surface area contributed by atoms with Crippen LogP contribution in [0.1, 0.15) is 45.7 Å². The van der Waals surface area contributed by atoms with Crippen molar-refractivity contribution in [2.24, 2.45) is 0 Å². The molecular formula is C19H37NO2Si2. The Morgan fingerprint density at radius 3 is 2.12 bits per heavy atom. The van der Waals surface area contributed by atoms with E-state index in [-0.39, 0.29) is 10.6 Å². The zero-order valence-corrected chi connectivity index (χ0v) is 18.9. The van der Waals surface area contributed by atoms with Gasteiger partial charge >= 0.3 is 0 Å². The van der Waals surface area contributed by atoms with Crippen LogP contribution in [-0.2, 0) is 4.43 Å². The Morgan fingerprint density at radius 1 is 1.12 bits per heavy atom. The van der Waals surface area contributed by atoms with E-state index in [1.54, 1.807) is 0 Å². The molecule has 0 heterocycles. The van der Waals surface area contributed by atoms with E-state index >= 15 is 0 Å². The largest absolute Gasteiger partial charge is 0.431 e. The molecule has 0 aromatic heterocycles. The van der Waals surface area contributed by atoms with Gasteiger partial charge in [-0.1, -0.05) is 52.8 Å². The van der Waals surface area contributed by atoms with Crippen molar-refractivity contribution in [3.05, 3.63) is 29.8 Å². The molecule has 0 radical (unpaired) electrons. The molecule has 5 heteroatoms. The average Bonchev–Trinajstić information content (AvgIpc) is 2.53. The van der Waals surface area contributed by atoms with Crippen LogP contribution in [0.25, 0.3) is 0 Å². The van der Waals surface area contributed by atoms with Crippen molar-refractivity contribution in [1.82, 2.24) is 0 Å². The molecule has 3 nitrogen and oxygen atoms in total. The quantitative estimate of drug-likeness (QED) is 0.608. The Labute approximate surface area is 151 Å². The highest BCUT2D eigenvalue weighted by molar-refractivity contribution is 6.75. The van der Waals surface area contributed by atoms with Crippen molar-refractivity contribution in [3.8, 4) is 0 Å². The monoisotopic (exact) mass is 367 g/mol. The van der Waals surface area contributed by atoms with E-state index in [0.717, 1.165) is 17.8 Å². The summed E-state index contributed by atoms with van der Waals surface area (Å²) in [6, 6.07) is 10.1. The number of hydrogen-bond donors (Lipinski definition) is 2. The molecule has 2 N–H and O–H groups in total. The summed E-state index contributed by atoms with van der Waals surface area (Å²) in [5.74, 6) is 0. The van der Waals surface area contributed by atoms with Gasteiger partial charge in [-0.3, -0.25) is 0 Å². The van der Waals surface area contributed by atoms with Gasteiger partial charge in [0.2, 0.25) is 0 Å². The van der Waals surface area contributed by atoms with Crippen molar-refractivity contribution in [2.75, 3.05) is 19.0 Å². The highest BCUT2D eigenvalue weighted by Crippen LogP contribution is 2.40. The third-order valence-electron chi connectivity index (χ3n) is 5.90. The Bertz CT molecular complexity index is 522. The Balaban J connectivity index is 3.21. The first kappa shape index (κ1) is 21.4. The second kappa shape index (κ2) is 8.17. The second-order valence-corrected chi connectivity index (χ2v) is 17.4. The number of nitrogens with one attached hydrogen (secondary N) is 1. The van der Waals surface area contributed by atoms with Gasteiger partial charge in [-0.2, -0.15) is 0 Å². The van der Waals surface area contributed by atoms with Gasteiger partial charge in [-0.25, -0.2) is 0 Å². The number of rotatable bonds is 8. The van der Waals surface area contributed by atoms with E-state index in [4.69, 9.17) is 4.43 Å². The SMILES string of the molecule is CC[Si](O)(CC)C(CO[Si](C)(C)C(C)(C)C)c1ccccc1NC. The lowest BCUT2D eigenvalue weighted by Gasteiger charge is -2.40. The molecule has 0 amide bonds. The lowest BCUT2D eigenvalue weighted by molar-refractivity contribution is 0.275. The zero-order valence-electron chi connectivity index (χ0n) is 16.9. The highest BCUT2D eigenvalue weighted by atomic mass is 28.4. The van der Waals surface area contributed by atoms with Gasteiger partial charge in [0.1, 0.15) is 0 Å². The van der Waals surface area contributed by atoms with Gasteiger partial charge in [0.25, 0.3) is 0 Å². The van der Waals surface area contributed by atoms with Crippen molar-refractivity contribution < 1.29 is 9.22 Å². The van der Waals surface area contributed by atoms with Crippen molar-refractivity contribution in [1.29, 1.82) is 0 Å². The van der Waals surface area contributed by atoms with Gasteiger partial charge in [0.05, 0.1) is 0 Å². The molecule has 0 aliphatic heterocycles. The Hall–Kier alpha value is -0.626. The maximum atomic E-state index is 11.4. The van der Waals surface area contributed by atoms with Crippen LogP contribution >= 0.6 is 0 Å². The number of para-hydroxylation sites is 1. The Kier molecular flexibility index (Phi) is 7.29. The van der Waals surface area contributed by atoms with Gasteiger partial charge < -0.3 is 14.5 Å². The van der Waals surface area contributed by atoms with E-state index in [1.165, 1.54) is 5.56 Å². The fourth-order valence-corrected chi connectivity index (χ4v) is 6.71. The van der Waals surface area contributed by atoms with Gasteiger partial charge in [0, 0.05) is 24.9 Å². The molecule has 1 unspecified atom stereocenters. The van der Waals surface area contributed by atoms with Crippen LogP contribution in [0.4, 0.5) is 5.69 Å². The summed E-state index contributed by atoms with van der Waals surface area (Å²) in [4.78, 5) is 11.4.